The van der Waals surface area contributed by atoms with Gasteiger partial charge in [-0.2, -0.15) is 5.26 Å². The van der Waals surface area contributed by atoms with E-state index >= 15 is 0 Å². The number of benzene rings is 2. The second-order valence-corrected chi connectivity index (χ2v) is 8.10. The molecule has 5 rings (SSSR count). The molecule has 0 saturated heterocycles. The largest absolute Gasteiger partial charge is 0.465 e. The molecule has 164 valence electrons. The van der Waals surface area contributed by atoms with Gasteiger partial charge in [0, 0.05) is 27.6 Å². The highest BCUT2D eigenvalue weighted by Gasteiger charge is 2.33. The molecule has 0 bridgehead atoms. The van der Waals surface area contributed by atoms with Crippen LogP contribution in [-0.4, -0.2) is 5.97 Å². The van der Waals surface area contributed by atoms with Gasteiger partial charge >= 0.3 is 5.97 Å². The van der Waals surface area contributed by atoms with Crippen LogP contribution in [0.25, 0.3) is 11.0 Å². The third-order valence-electron chi connectivity index (χ3n) is 5.53. The number of fused-ring (bicyclic) bond motifs is 2. The van der Waals surface area contributed by atoms with Gasteiger partial charge in [-0.15, -0.1) is 0 Å². The summed E-state index contributed by atoms with van der Waals surface area (Å²) in [4.78, 5) is 12.8. The van der Waals surface area contributed by atoms with Crippen LogP contribution in [-0.2, 0) is 0 Å². The summed E-state index contributed by atoms with van der Waals surface area (Å²) in [5, 5.41) is 10.9. The molecule has 1 aliphatic rings. The van der Waals surface area contributed by atoms with E-state index in [4.69, 9.17) is 35.6 Å². The Morgan fingerprint density at radius 3 is 2.67 bits per heavy atom. The molecule has 1 aliphatic heterocycles. The van der Waals surface area contributed by atoms with Gasteiger partial charge in [0.1, 0.15) is 40.2 Å². The van der Waals surface area contributed by atoms with E-state index < -0.39 is 11.9 Å². The van der Waals surface area contributed by atoms with Gasteiger partial charge in [0.15, 0.2) is 0 Å². The normalized spacial score (nSPS) is 15.2. The van der Waals surface area contributed by atoms with Crippen molar-refractivity contribution in [3.63, 3.8) is 0 Å². The van der Waals surface area contributed by atoms with E-state index in [0.717, 1.165) is 5.39 Å². The van der Waals surface area contributed by atoms with Gasteiger partial charge in [-0.25, -0.2) is 4.79 Å². The van der Waals surface area contributed by atoms with Crippen LogP contribution in [0.3, 0.4) is 0 Å². The number of nitrogens with zero attached hydrogens (tertiary/aromatic N) is 1. The Morgan fingerprint density at radius 1 is 1.12 bits per heavy atom. The third-order valence-corrected chi connectivity index (χ3v) is 5.77. The number of halogens is 1. The fourth-order valence-electron chi connectivity index (χ4n) is 3.94. The van der Waals surface area contributed by atoms with Crippen LogP contribution in [0.5, 0.6) is 11.5 Å². The van der Waals surface area contributed by atoms with Gasteiger partial charge in [-0.3, -0.25) is 0 Å². The van der Waals surface area contributed by atoms with Crippen LogP contribution in [0.4, 0.5) is 0 Å². The Morgan fingerprint density at radius 2 is 1.94 bits per heavy atom. The van der Waals surface area contributed by atoms with Gasteiger partial charge < -0.3 is 24.0 Å². The minimum atomic E-state index is -0.657. The molecule has 2 N–H and O–H groups in total. The van der Waals surface area contributed by atoms with Gasteiger partial charge in [0.2, 0.25) is 11.6 Å². The van der Waals surface area contributed by atoms with Crippen molar-refractivity contribution < 1.29 is 23.1 Å². The molecule has 0 amide bonds. The van der Waals surface area contributed by atoms with Crippen LogP contribution < -0.4 is 15.2 Å². The van der Waals surface area contributed by atoms with Crippen molar-refractivity contribution in [2.45, 2.75) is 19.8 Å². The number of carbonyl (C=O) groups is 1. The van der Waals surface area contributed by atoms with Crippen LogP contribution in [0.2, 0.25) is 5.02 Å². The van der Waals surface area contributed by atoms with E-state index in [9.17, 15) is 10.1 Å². The highest BCUT2D eigenvalue weighted by Crippen LogP contribution is 2.44. The molecule has 1 atom stereocenters. The third kappa shape index (κ3) is 3.51. The molecular formula is C25H17ClN2O5. The Kier molecular flexibility index (Phi) is 4.88. The number of esters is 1. The Balaban J connectivity index is 1.49. The van der Waals surface area contributed by atoms with E-state index in [-0.39, 0.29) is 23.0 Å². The molecule has 8 heteroatoms. The molecule has 0 spiro atoms. The number of nitriles is 1. The number of ether oxygens (including phenoxy) is 2. The summed E-state index contributed by atoms with van der Waals surface area (Å²) in [6.45, 7) is 3.58. The lowest BCUT2D eigenvalue weighted by Gasteiger charge is -2.25. The van der Waals surface area contributed by atoms with Crippen LogP contribution >= 0.6 is 11.6 Å². The molecule has 0 saturated carbocycles. The molecule has 7 nitrogen and oxygen atoms in total. The minimum Gasteiger partial charge on any atom is -0.465 e. The lowest BCUT2D eigenvalue weighted by molar-refractivity contribution is 0.0702. The van der Waals surface area contributed by atoms with Crippen molar-refractivity contribution in [3.05, 3.63) is 93.4 Å². The molecule has 4 aromatic rings. The zero-order chi connectivity index (χ0) is 23.3. The zero-order valence-electron chi connectivity index (χ0n) is 17.6. The van der Waals surface area contributed by atoms with Crippen LogP contribution in [0.1, 0.15) is 39.1 Å². The standard InChI is InChI=1S/C25H17ClN2O5/c1-12-3-7-20(30-12)22-16-6-5-15(10-21(16)33-24(28)18(22)11-27)31-25(29)23-13(2)17-9-14(26)4-8-19(17)32-23/h3-10,22H,28H2,1-2H3. The summed E-state index contributed by atoms with van der Waals surface area (Å²) in [5.41, 5.74) is 8.10. The first-order valence-electron chi connectivity index (χ1n) is 10.0. The van der Waals surface area contributed by atoms with Crippen molar-refractivity contribution in [1.82, 2.24) is 0 Å². The summed E-state index contributed by atoms with van der Waals surface area (Å²) >= 11 is 6.05. The summed E-state index contributed by atoms with van der Waals surface area (Å²) in [6.07, 6.45) is 0. The van der Waals surface area contributed by atoms with Crippen molar-refractivity contribution in [1.29, 1.82) is 5.26 Å². The number of hydrogen-bond acceptors (Lipinski definition) is 7. The first-order valence-corrected chi connectivity index (χ1v) is 10.4. The van der Waals surface area contributed by atoms with Gasteiger partial charge in [0.05, 0.1) is 5.92 Å². The van der Waals surface area contributed by atoms with Crippen molar-refractivity contribution in [2.24, 2.45) is 5.73 Å². The van der Waals surface area contributed by atoms with Crippen molar-refractivity contribution in [2.75, 3.05) is 0 Å². The summed E-state index contributed by atoms with van der Waals surface area (Å²) in [5.74, 6) is 0.746. The number of aryl methyl sites for hydroxylation is 2. The number of allylic oxidation sites excluding steroid dienone is 1. The maximum atomic E-state index is 12.8. The molecule has 1 unspecified atom stereocenters. The molecule has 2 aromatic carbocycles. The molecule has 0 aliphatic carbocycles. The molecule has 33 heavy (non-hydrogen) atoms. The minimum absolute atomic E-state index is 0.0301. The maximum absolute atomic E-state index is 12.8. The SMILES string of the molecule is Cc1ccc(C2C(C#N)=C(N)Oc3cc(OC(=O)c4oc5ccc(Cl)cc5c4C)ccc32)o1. The fraction of sp³-hybridized carbons (Fsp3) is 0.120. The predicted octanol–water partition coefficient (Wildman–Crippen LogP) is 5.73. The Bertz CT molecular complexity index is 1510. The first-order chi connectivity index (χ1) is 15.9. The van der Waals surface area contributed by atoms with Gasteiger partial charge in [-0.1, -0.05) is 17.7 Å². The van der Waals surface area contributed by atoms with Crippen molar-refractivity contribution in [3.8, 4) is 17.6 Å². The lowest BCUT2D eigenvalue weighted by Crippen LogP contribution is -2.21. The van der Waals surface area contributed by atoms with E-state index in [1.54, 1.807) is 49.4 Å². The van der Waals surface area contributed by atoms with Crippen LogP contribution in [0, 0.1) is 25.2 Å². The molecular weight excluding hydrogens is 444 g/mol. The first kappa shape index (κ1) is 20.7. The topological polar surface area (TPSA) is 112 Å². The zero-order valence-corrected chi connectivity index (χ0v) is 18.4. The van der Waals surface area contributed by atoms with E-state index in [1.165, 1.54) is 0 Å². The van der Waals surface area contributed by atoms with E-state index in [0.29, 0.717) is 39.0 Å². The second-order valence-electron chi connectivity index (χ2n) is 7.66. The summed E-state index contributed by atoms with van der Waals surface area (Å²) in [7, 11) is 0. The quantitative estimate of drug-likeness (QED) is 0.306. The highest BCUT2D eigenvalue weighted by atomic mass is 35.5. The number of hydrogen-bond donors (Lipinski definition) is 1. The lowest BCUT2D eigenvalue weighted by atomic mass is 9.87. The average molecular weight is 461 g/mol. The van der Waals surface area contributed by atoms with Crippen LogP contribution in [0.15, 0.2) is 68.8 Å². The Labute approximate surface area is 193 Å². The average Bonchev–Trinajstić information content (AvgIpc) is 3.36. The maximum Gasteiger partial charge on any atom is 0.379 e. The second kappa shape index (κ2) is 7.76. The summed E-state index contributed by atoms with van der Waals surface area (Å²) in [6, 6.07) is 15.7. The monoisotopic (exact) mass is 460 g/mol. The molecule has 0 radical (unpaired) electrons. The predicted molar refractivity (Wildman–Crippen MR) is 120 cm³/mol. The number of rotatable bonds is 3. The number of nitrogens with two attached hydrogens (primary N) is 1. The molecule has 3 heterocycles. The van der Waals surface area contributed by atoms with E-state index in [1.807, 2.05) is 13.0 Å². The van der Waals surface area contributed by atoms with Crippen molar-refractivity contribution >= 4 is 28.5 Å². The molecule has 0 fully saturated rings. The summed E-state index contributed by atoms with van der Waals surface area (Å²) < 4.78 is 22.7. The number of carbonyl (C=O) groups excluding carboxylic acids is 1. The fourth-order valence-corrected chi connectivity index (χ4v) is 4.11. The Hall–Kier alpha value is -4.15. The highest BCUT2D eigenvalue weighted by molar-refractivity contribution is 6.31. The van der Waals surface area contributed by atoms with Gasteiger partial charge in [-0.05, 0) is 50.2 Å². The van der Waals surface area contributed by atoms with Gasteiger partial charge in [0.25, 0.3) is 0 Å². The number of furan rings is 2. The molecule has 2 aromatic heterocycles. The smallest absolute Gasteiger partial charge is 0.379 e. The van der Waals surface area contributed by atoms with E-state index in [2.05, 4.69) is 6.07 Å².